The van der Waals surface area contributed by atoms with Crippen molar-refractivity contribution in [3.05, 3.63) is 23.7 Å². The summed E-state index contributed by atoms with van der Waals surface area (Å²) < 4.78 is 4.86. The van der Waals surface area contributed by atoms with Crippen LogP contribution in [0.15, 0.2) is 16.7 Å². The summed E-state index contributed by atoms with van der Waals surface area (Å²) in [5.74, 6) is -1.54. The van der Waals surface area contributed by atoms with Crippen LogP contribution >= 0.6 is 0 Å². The molecule has 1 heterocycles. The Labute approximate surface area is 193 Å². The van der Waals surface area contributed by atoms with Crippen LogP contribution in [0.1, 0.15) is 131 Å². The normalized spacial score (nSPS) is 10.6. The SMILES string of the molecule is CCCCCCCCCCCCCCCCCC(=O)c1ccoc1C(=O)O.[NaH]. The summed E-state index contributed by atoms with van der Waals surface area (Å²) in [6.07, 6.45) is 21.0. The maximum absolute atomic E-state index is 12.0. The number of unbranched alkanes of at least 4 members (excludes halogenated alkanes) is 14. The van der Waals surface area contributed by atoms with Crippen molar-refractivity contribution in [2.45, 2.75) is 110 Å². The zero-order chi connectivity index (χ0) is 19.7. The number of carbonyl (C=O) groups is 2. The molecule has 0 saturated carbocycles. The Morgan fingerprint density at radius 1 is 0.786 bits per heavy atom. The number of hydrogen-bond acceptors (Lipinski definition) is 3. The molecule has 5 heteroatoms. The Bertz CT molecular complexity index is 524. The molecule has 0 bridgehead atoms. The summed E-state index contributed by atoms with van der Waals surface area (Å²) in [6.45, 7) is 2.26. The topological polar surface area (TPSA) is 67.5 Å². The minimum absolute atomic E-state index is 0. The van der Waals surface area contributed by atoms with Crippen LogP contribution in [-0.4, -0.2) is 46.4 Å². The number of carboxylic acids is 1. The maximum atomic E-state index is 12.0. The van der Waals surface area contributed by atoms with Gasteiger partial charge in [-0.2, -0.15) is 0 Å². The van der Waals surface area contributed by atoms with E-state index >= 15 is 0 Å². The van der Waals surface area contributed by atoms with Crippen LogP contribution in [0.4, 0.5) is 0 Å². The molecule has 1 N–H and O–H groups in total. The van der Waals surface area contributed by atoms with Gasteiger partial charge in [-0.05, 0) is 12.5 Å². The molecular weight excluding hydrogens is 363 g/mol. The van der Waals surface area contributed by atoms with Crippen LogP contribution in [0.2, 0.25) is 0 Å². The fourth-order valence-corrected chi connectivity index (χ4v) is 3.49. The molecule has 156 valence electrons. The van der Waals surface area contributed by atoms with E-state index < -0.39 is 5.97 Å². The average Bonchev–Trinajstić information content (AvgIpc) is 3.15. The van der Waals surface area contributed by atoms with Gasteiger partial charge in [0.1, 0.15) is 0 Å². The number of ketones is 1. The molecule has 0 radical (unpaired) electrons. The van der Waals surface area contributed by atoms with Crippen molar-refractivity contribution >= 4 is 41.3 Å². The predicted octanol–water partition coefficient (Wildman–Crippen LogP) is 6.77. The molecule has 28 heavy (non-hydrogen) atoms. The van der Waals surface area contributed by atoms with Crippen molar-refractivity contribution in [2.24, 2.45) is 0 Å². The van der Waals surface area contributed by atoms with Gasteiger partial charge in [-0.3, -0.25) is 4.79 Å². The molecule has 0 amide bonds. The number of rotatable bonds is 18. The van der Waals surface area contributed by atoms with Crippen LogP contribution in [0.5, 0.6) is 0 Å². The Morgan fingerprint density at radius 2 is 1.21 bits per heavy atom. The van der Waals surface area contributed by atoms with E-state index in [2.05, 4.69) is 6.92 Å². The molecule has 0 atom stereocenters. The monoisotopic (exact) mass is 402 g/mol. The van der Waals surface area contributed by atoms with Gasteiger partial charge in [-0.1, -0.05) is 96.8 Å². The summed E-state index contributed by atoms with van der Waals surface area (Å²) in [5.41, 5.74) is 0.202. The summed E-state index contributed by atoms with van der Waals surface area (Å²) in [6, 6.07) is 1.46. The van der Waals surface area contributed by atoms with Gasteiger partial charge in [-0.15, -0.1) is 0 Å². The van der Waals surface area contributed by atoms with E-state index in [-0.39, 0.29) is 46.7 Å². The number of Topliss-reactive ketones (excluding diaryl/α,β-unsaturated/α-hetero) is 1. The van der Waals surface area contributed by atoms with Crippen LogP contribution in [0.25, 0.3) is 0 Å². The first-order valence-electron chi connectivity index (χ1n) is 11.0. The molecular formula is C23H39NaO4. The van der Waals surface area contributed by atoms with Crippen LogP contribution in [0.3, 0.4) is 0 Å². The second-order valence-electron chi connectivity index (χ2n) is 7.59. The molecule has 0 unspecified atom stereocenters. The van der Waals surface area contributed by atoms with E-state index in [4.69, 9.17) is 9.52 Å². The number of hydrogen-bond donors (Lipinski definition) is 1. The number of furan rings is 1. The van der Waals surface area contributed by atoms with Gasteiger partial charge in [0, 0.05) is 6.42 Å². The second kappa shape index (κ2) is 18.4. The van der Waals surface area contributed by atoms with Gasteiger partial charge in [0.2, 0.25) is 5.76 Å². The first kappa shape index (κ1) is 27.4. The number of carboxylic acid groups (broad SMARTS) is 1. The van der Waals surface area contributed by atoms with Gasteiger partial charge < -0.3 is 9.52 Å². The van der Waals surface area contributed by atoms with E-state index in [0.29, 0.717) is 6.42 Å². The van der Waals surface area contributed by atoms with Gasteiger partial charge in [0.15, 0.2) is 5.78 Å². The molecule has 0 aromatic carbocycles. The van der Waals surface area contributed by atoms with Gasteiger partial charge in [0.25, 0.3) is 0 Å². The first-order chi connectivity index (χ1) is 13.2. The van der Waals surface area contributed by atoms with Gasteiger partial charge in [0.05, 0.1) is 11.8 Å². The zero-order valence-electron chi connectivity index (χ0n) is 17.1. The number of carbonyl (C=O) groups excluding carboxylic acids is 1. The molecule has 4 nitrogen and oxygen atoms in total. The van der Waals surface area contributed by atoms with Crippen molar-refractivity contribution in [2.75, 3.05) is 0 Å². The summed E-state index contributed by atoms with van der Waals surface area (Å²) in [4.78, 5) is 23.0. The summed E-state index contributed by atoms with van der Waals surface area (Å²) in [5, 5.41) is 8.96. The van der Waals surface area contributed by atoms with Gasteiger partial charge >= 0.3 is 35.5 Å². The number of aromatic carboxylic acids is 1. The third kappa shape index (κ3) is 12.8. The Kier molecular flexibility index (Phi) is 18.1. The Balaban J connectivity index is 0.00000729. The molecule has 0 aliphatic rings. The molecule has 0 aliphatic carbocycles. The van der Waals surface area contributed by atoms with Crippen LogP contribution < -0.4 is 0 Å². The summed E-state index contributed by atoms with van der Waals surface area (Å²) in [7, 11) is 0. The first-order valence-corrected chi connectivity index (χ1v) is 11.0. The zero-order valence-corrected chi connectivity index (χ0v) is 17.1. The molecule has 1 aromatic heterocycles. The Morgan fingerprint density at radius 3 is 1.64 bits per heavy atom. The third-order valence-corrected chi connectivity index (χ3v) is 5.17. The molecule has 1 rings (SSSR count). The minimum atomic E-state index is -1.18. The summed E-state index contributed by atoms with van der Waals surface area (Å²) >= 11 is 0. The Hall–Kier alpha value is -0.580. The fraction of sp³-hybridized carbons (Fsp3) is 0.739. The fourth-order valence-electron chi connectivity index (χ4n) is 3.49. The van der Waals surface area contributed by atoms with E-state index in [9.17, 15) is 9.59 Å². The van der Waals surface area contributed by atoms with Crippen molar-refractivity contribution in [1.82, 2.24) is 0 Å². The molecule has 0 saturated heterocycles. The van der Waals surface area contributed by atoms with E-state index in [1.165, 1.54) is 89.4 Å². The standard InChI is InChI=1S/C23H38O4.Na.H/c1-2-3-4-5-6-7-8-9-10-11-12-13-14-15-16-17-21(24)20-18-19-27-22(20)23(25)26;;/h18-19H,2-17H2,1H3,(H,25,26);;. The molecule has 1 aromatic rings. The molecule has 0 fully saturated rings. The van der Waals surface area contributed by atoms with Crippen LogP contribution in [0, 0.1) is 0 Å². The molecule has 0 spiro atoms. The van der Waals surface area contributed by atoms with Crippen molar-refractivity contribution in [3.8, 4) is 0 Å². The average molecular weight is 403 g/mol. The van der Waals surface area contributed by atoms with E-state index in [0.717, 1.165) is 19.3 Å². The van der Waals surface area contributed by atoms with E-state index in [1.807, 2.05) is 0 Å². The quantitative estimate of drug-likeness (QED) is 0.167. The molecule has 0 aliphatic heterocycles. The second-order valence-corrected chi connectivity index (χ2v) is 7.59. The van der Waals surface area contributed by atoms with E-state index in [1.54, 1.807) is 0 Å². The van der Waals surface area contributed by atoms with Crippen molar-refractivity contribution in [3.63, 3.8) is 0 Å². The van der Waals surface area contributed by atoms with Crippen molar-refractivity contribution in [1.29, 1.82) is 0 Å². The predicted molar refractivity (Wildman–Crippen MR) is 117 cm³/mol. The third-order valence-electron chi connectivity index (χ3n) is 5.17. The van der Waals surface area contributed by atoms with Gasteiger partial charge in [-0.25, -0.2) is 4.79 Å². The van der Waals surface area contributed by atoms with Crippen LogP contribution in [-0.2, 0) is 0 Å². The van der Waals surface area contributed by atoms with Crippen molar-refractivity contribution < 1.29 is 19.1 Å².